The third kappa shape index (κ3) is 4.79. The number of nitrogens with one attached hydrogen (secondary N) is 3. The molecular formula is C16H30N6O4. The van der Waals surface area contributed by atoms with E-state index in [-0.39, 0.29) is 5.70 Å². The smallest absolute Gasteiger partial charge is 0.358 e. The number of carbonyl (C=O) groups is 3. The molecule has 10 heteroatoms. The summed E-state index contributed by atoms with van der Waals surface area (Å²) in [6, 6.07) is 0. The molecule has 2 unspecified atom stereocenters. The van der Waals surface area contributed by atoms with Gasteiger partial charge in [0.2, 0.25) is 5.91 Å². The van der Waals surface area contributed by atoms with E-state index >= 15 is 0 Å². The average Bonchev–Trinajstić information content (AvgIpc) is 2.62. The summed E-state index contributed by atoms with van der Waals surface area (Å²) >= 11 is 0. The van der Waals surface area contributed by atoms with E-state index in [1.807, 2.05) is 6.92 Å². The lowest BCUT2D eigenvalue weighted by molar-refractivity contribution is -0.155. The summed E-state index contributed by atoms with van der Waals surface area (Å²) in [6.45, 7) is 5.22. The maximum Gasteiger partial charge on any atom is 0.358 e. The molecule has 0 aromatic heterocycles. The summed E-state index contributed by atoms with van der Waals surface area (Å²) in [6.07, 6.45) is -0.172. The molecular weight excluding hydrogens is 340 g/mol. The van der Waals surface area contributed by atoms with Crippen LogP contribution in [0, 0.1) is 0 Å². The van der Waals surface area contributed by atoms with Gasteiger partial charge >= 0.3 is 5.97 Å². The van der Waals surface area contributed by atoms with Crippen molar-refractivity contribution in [1.82, 2.24) is 25.8 Å². The Bertz CT molecular complexity index is 575. The van der Waals surface area contributed by atoms with Gasteiger partial charge in [-0.2, -0.15) is 0 Å². The van der Waals surface area contributed by atoms with Crippen LogP contribution >= 0.6 is 0 Å². The maximum absolute atomic E-state index is 12.7. The first-order chi connectivity index (χ1) is 12.1. The summed E-state index contributed by atoms with van der Waals surface area (Å²) < 4.78 is 5.51. The van der Waals surface area contributed by atoms with Crippen LogP contribution in [0.25, 0.3) is 0 Å². The first kappa shape index (κ1) is 22.0. The molecule has 0 saturated heterocycles. The zero-order valence-electron chi connectivity index (χ0n) is 16.3. The lowest BCUT2D eigenvalue weighted by atomic mass is 10.1. The highest BCUT2D eigenvalue weighted by Gasteiger charge is 2.39. The zero-order valence-corrected chi connectivity index (χ0v) is 16.3. The molecule has 0 spiro atoms. The van der Waals surface area contributed by atoms with Crippen molar-refractivity contribution < 1.29 is 19.1 Å². The Morgan fingerprint density at radius 3 is 2.35 bits per heavy atom. The van der Waals surface area contributed by atoms with Crippen LogP contribution < -0.4 is 21.7 Å². The highest BCUT2D eigenvalue weighted by atomic mass is 16.6. The molecule has 148 valence electrons. The molecule has 0 aromatic rings. The van der Waals surface area contributed by atoms with Gasteiger partial charge in [0.05, 0.1) is 5.66 Å². The van der Waals surface area contributed by atoms with Gasteiger partial charge in [0.15, 0.2) is 12.4 Å². The summed E-state index contributed by atoms with van der Waals surface area (Å²) in [5.74, 6) is -1.71. The van der Waals surface area contributed by atoms with Gasteiger partial charge in [-0.1, -0.05) is 0 Å². The van der Waals surface area contributed by atoms with Crippen molar-refractivity contribution in [3.63, 3.8) is 0 Å². The molecule has 2 atom stereocenters. The highest BCUT2D eigenvalue weighted by molar-refractivity contribution is 5.99. The number of amides is 2. The Morgan fingerprint density at radius 2 is 1.92 bits per heavy atom. The fourth-order valence-electron chi connectivity index (χ4n) is 2.56. The van der Waals surface area contributed by atoms with Crippen molar-refractivity contribution in [2.45, 2.75) is 45.2 Å². The third-order valence-electron chi connectivity index (χ3n) is 4.51. The largest absolute Gasteiger partial charge is 0.442 e. The van der Waals surface area contributed by atoms with E-state index < -0.39 is 35.8 Å². The van der Waals surface area contributed by atoms with Crippen molar-refractivity contribution in [3.05, 3.63) is 11.9 Å². The normalized spacial score (nSPS) is 19.3. The topological polar surface area (TPSA) is 129 Å². The van der Waals surface area contributed by atoms with Gasteiger partial charge in [-0.05, 0) is 35.0 Å². The summed E-state index contributed by atoms with van der Waals surface area (Å²) in [5, 5.41) is 9.13. The monoisotopic (exact) mass is 370 g/mol. The summed E-state index contributed by atoms with van der Waals surface area (Å²) in [4.78, 5) is 39.0. The van der Waals surface area contributed by atoms with E-state index in [4.69, 9.17) is 10.5 Å². The van der Waals surface area contributed by atoms with Crippen molar-refractivity contribution in [2.24, 2.45) is 5.73 Å². The van der Waals surface area contributed by atoms with Gasteiger partial charge in [0.25, 0.3) is 5.91 Å². The molecule has 0 bridgehead atoms. The van der Waals surface area contributed by atoms with E-state index in [2.05, 4.69) is 16.0 Å². The van der Waals surface area contributed by atoms with Crippen LogP contribution in [0.4, 0.5) is 0 Å². The van der Waals surface area contributed by atoms with Gasteiger partial charge in [0.1, 0.15) is 5.70 Å². The van der Waals surface area contributed by atoms with Gasteiger partial charge in [-0.3, -0.25) is 19.8 Å². The molecule has 1 aliphatic heterocycles. The molecule has 10 nitrogen and oxygen atoms in total. The molecule has 0 aromatic carbocycles. The quantitative estimate of drug-likeness (QED) is 0.299. The van der Waals surface area contributed by atoms with Crippen LogP contribution in [-0.2, 0) is 19.1 Å². The van der Waals surface area contributed by atoms with E-state index in [0.717, 1.165) is 4.90 Å². The number of nitrogens with zero attached hydrogens (tertiary/aromatic N) is 2. The fourth-order valence-corrected chi connectivity index (χ4v) is 2.56. The summed E-state index contributed by atoms with van der Waals surface area (Å²) in [7, 11) is 5.24. The predicted octanol–water partition coefficient (Wildman–Crippen LogP) is -1.54. The van der Waals surface area contributed by atoms with Gasteiger partial charge < -0.3 is 26.0 Å². The number of hydrogen-bond acceptors (Lipinski definition) is 8. The van der Waals surface area contributed by atoms with Crippen LogP contribution in [-0.4, -0.2) is 73.3 Å². The third-order valence-corrected chi connectivity index (χ3v) is 4.51. The van der Waals surface area contributed by atoms with E-state index in [9.17, 15) is 14.4 Å². The molecule has 1 aliphatic rings. The molecule has 0 aliphatic carbocycles. The van der Waals surface area contributed by atoms with E-state index in [1.54, 1.807) is 28.1 Å². The SMILES string of the molecule is CCN1C=C(C(=O)OC(CC(C)(NC)NC)NC)N(C(C)=O)C(N)C1=O. The van der Waals surface area contributed by atoms with Crippen LogP contribution in [0.3, 0.4) is 0 Å². The van der Waals surface area contributed by atoms with Crippen molar-refractivity contribution in [2.75, 3.05) is 27.7 Å². The molecule has 0 saturated carbocycles. The number of carbonyl (C=O) groups excluding carboxylic acids is 3. The molecule has 26 heavy (non-hydrogen) atoms. The number of esters is 1. The second-order valence-corrected chi connectivity index (χ2v) is 6.19. The standard InChI is InChI=1S/C16H30N6O4/c1-7-21-9-11(22(10(2)23)13(17)14(21)24)15(25)26-12(18-4)8-16(3,19-5)20-6/h9,12-13,18-20H,7-8,17H2,1-6H3. The van der Waals surface area contributed by atoms with Gasteiger partial charge in [-0.25, -0.2) is 4.79 Å². The maximum atomic E-state index is 12.7. The van der Waals surface area contributed by atoms with E-state index in [1.165, 1.54) is 18.0 Å². The number of rotatable bonds is 8. The first-order valence-corrected chi connectivity index (χ1v) is 8.47. The van der Waals surface area contributed by atoms with Crippen LogP contribution in [0.1, 0.15) is 27.2 Å². The lowest BCUT2D eigenvalue weighted by Gasteiger charge is -2.37. The number of nitrogens with two attached hydrogens (primary N) is 1. The minimum absolute atomic E-state index is 0.0673. The number of hydrogen-bond donors (Lipinski definition) is 4. The first-order valence-electron chi connectivity index (χ1n) is 8.47. The van der Waals surface area contributed by atoms with E-state index in [0.29, 0.717) is 13.0 Å². The van der Waals surface area contributed by atoms with Gasteiger partial charge in [-0.15, -0.1) is 0 Å². The fraction of sp³-hybridized carbons (Fsp3) is 0.688. The van der Waals surface area contributed by atoms with Crippen LogP contribution in [0.2, 0.25) is 0 Å². The zero-order chi connectivity index (χ0) is 20.1. The minimum atomic E-state index is -1.26. The Balaban J connectivity index is 3.07. The summed E-state index contributed by atoms with van der Waals surface area (Å²) in [5.41, 5.74) is 5.31. The Hall–Kier alpha value is -2.01. The molecule has 0 fully saturated rings. The molecule has 1 heterocycles. The second kappa shape index (κ2) is 9.08. The minimum Gasteiger partial charge on any atom is -0.442 e. The van der Waals surface area contributed by atoms with Crippen LogP contribution in [0.15, 0.2) is 11.9 Å². The van der Waals surface area contributed by atoms with Crippen molar-refractivity contribution >= 4 is 17.8 Å². The van der Waals surface area contributed by atoms with Gasteiger partial charge in [0, 0.05) is 26.1 Å². The molecule has 2 amide bonds. The Morgan fingerprint density at radius 1 is 1.35 bits per heavy atom. The molecule has 1 rings (SSSR count). The second-order valence-electron chi connectivity index (χ2n) is 6.19. The predicted molar refractivity (Wildman–Crippen MR) is 96.0 cm³/mol. The Labute approximate surface area is 154 Å². The van der Waals surface area contributed by atoms with Crippen LogP contribution in [0.5, 0.6) is 0 Å². The lowest BCUT2D eigenvalue weighted by Crippen LogP contribution is -2.59. The Kier molecular flexibility index (Phi) is 7.69. The average molecular weight is 370 g/mol. The van der Waals surface area contributed by atoms with Crippen molar-refractivity contribution in [1.29, 1.82) is 0 Å². The molecule has 5 N–H and O–H groups in total. The molecule has 0 radical (unpaired) electrons. The highest BCUT2D eigenvalue weighted by Crippen LogP contribution is 2.20. The number of ether oxygens (including phenoxy) is 1. The number of likely N-dealkylation sites (N-methyl/N-ethyl adjacent to an activating group) is 1. The van der Waals surface area contributed by atoms with Crippen molar-refractivity contribution in [3.8, 4) is 0 Å².